The highest BCUT2D eigenvalue weighted by atomic mass is 32.2. The third-order valence-corrected chi connectivity index (χ3v) is 3.91. The number of methoxy groups -OCH3 is 1. The Morgan fingerprint density at radius 1 is 1.33 bits per heavy atom. The molecule has 0 amide bonds. The highest BCUT2D eigenvalue weighted by molar-refractivity contribution is 7.99. The Morgan fingerprint density at radius 2 is 2.14 bits per heavy atom. The lowest BCUT2D eigenvalue weighted by molar-refractivity contribution is 0.0152. The van der Waals surface area contributed by atoms with Crippen molar-refractivity contribution in [3.63, 3.8) is 0 Å². The molecule has 4 nitrogen and oxygen atoms in total. The Balaban J connectivity index is 2.31. The second-order valence-corrected chi connectivity index (χ2v) is 6.26. The molecular weight excluding hydrogens is 286 g/mol. The summed E-state index contributed by atoms with van der Waals surface area (Å²) in [7, 11) is 1.70. The predicted molar refractivity (Wildman–Crippen MR) is 87.8 cm³/mol. The molecule has 120 valence electrons. The summed E-state index contributed by atoms with van der Waals surface area (Å²) >= 11 is 1.66. The van der Waals surface area contributed by atoms with Crippen LogP contribution in [0.5, 0.6) is 0 Å². The van der Waals surface area contributed by atoms with E-state index in [2.05, 4.69) is 23.5 Å². The molecular formula is C16H27NO3S. The fourth-order valence-corrected chi connectivity index (χ4v) is 2.59. The van der Waals surface area contributed by atoms with Crippen LogP contribution in [-0.2, 0) is 16.0 Å². The van der Waals surface area contributed by atoms with E-state index in [-0.39, 0.29) is 6.10 Å². The smallest absolute Gasteiger partial charge is 0.0867 e. The zero-order chi connectivity index (χ0) is 15.5. The summed E-state index contributed by atoms with van der Waals surface area (Å²) in [6.45, 7) is 6.73. The Kier molecular flexibility index (Phi) is 9.70. The van der Waals surface area contributed by atoms with Gasteiger partial charge in [-0.15, -0.1) is 11.8 Å². The molecule has 5 heteroatoms. The van der Waals surface area contributed by atoms with Crippen LogP contribution in [0.1, 0.15) is 19.4 Å². The number of thioether (sulfide) groups is 1. The second-order valence-electron chi connectivity index (χ2n) is 5.16. The third kappa shape index (κ3) is 9.11. The molecule has 0 saturated heterocycles. The standard InChI is InChI=1S/C16H27NO3S/c1-13(2)20-11-15(18)12-21-16-6-4-5-14(9-16)10-17-7-8-19-3/h4-6,9,13,15,17-18H,7-8,10-12H2,1-3H3. The van der Waals surface area contributed by atoms with E-state index < -0.39 is 6.10 Å². The van der Waals surface area contributed by atoms with E-state index in [4.69, 9.17) is 9.47 Å². The molecule has 0 spiro atoms. The zero-order valence-electron chi connectivity index (χ0n) is 13.2. The summed E-state index contributed by atoms with van der Waals surface area (Å²) in [6.07, 6.45) is -0.271. The molecule has 2 N–H and O–H groups in total. The molecule has 1 aromatic rings. The van der Waals surface area contributed by atoms with Crippen LogP contribution in [0.2, 0.25) is 0 Å². The molecule has 1 aromatic carbocycles. The van der Waals surface area contributed by atoms with E-state index in [0.29, 0.717) is 12.4 Å². The van der Waals surface area contributed by atoms with Crippen molar-refractivity contribution in [1.29, 1.82) is 0 Å². The number of hydrogen-bond donors (Lipinski definition) is 2. The molecule has 0 aromatic heterocycles. The normalized spacial score (nSPS) is 12.8. The maximum Gasteiger partial charge on any atom is 0.0867 e. The quantitative estimate of drug-likeness (QED) is 0.485. The van der Waals surface area contributed by atoms with Crippen LogP contribution >= 0.6 is 11.8 Å². The average molecular weight is 313 g/mol. The van der Waals surface area contributed by atoms with E-state index >= 15 is 0 Å². The zero-order valence-corrected chi connectivity index (χ0v) is 14.0. The molecule has 1 unspecified atom stereocenters. The van der Waals surface area contributed by atoms with Crippen LogP contribution in [0.25, 0.3) is 0 Å². The van der Waals surface area contributed by atoms with Crippen LogP contribution in [-0.4, -0.2) is 49.9 Å². The third-order valence-electron chi connectivity index (χ3n) is 2.77. The minimum absolute atomic E-state index is 0.158. The summed E-state index contributed by atoms with van der Waals surface area (Å²) in [5.74, 6) is 0.646. The Labute approximate surface area is 132 Å². The summed E-state index contributed by atoms with van der Waals surface area (Å²) in [5, 5.41) is 13.2. The Hall–Kier alpha value is -0.590. The van der Waals surface area contributed by atoms with Crippen molar-refractivity contribution < 1.29 is 14.6 Å². The topological polar surface area (TPSA) is 50.7 Å². The summed E-state index contributed by atoms with van der Waals surface area (Å²) in [6, 6.07) is 8.37. The molecule has 0 heterocycles. The van der Waals surface area contributed by atoms with Crippen LogP contribution in [0.15, 0.2) is 29.2 Å². The van der Waals surface area contributed by atoms with Crippen LogP contribution < -0.4 is 5.32 Å². The molecule has 0 bridgehead atoms. The van der Waals surface area contributed by atoms with Gasteiger partial charge in [0.25, 0.3) is 0 Å². The summed E-state index contributed by atoms with van der Waals surface area (Å²) in [5.41, 5.74) is 1.24. The summed E-state index contributed by atoms with van der Waals surface area (Å²) in [4.78, 5) is 1.17. The first-order valence-corrected chi connectivity index (χ1v) is 8.31. The van der Waals surface area contributed by atoms with Gasteiger partial charge in [-0.3, -0.25) is 0 Å². The maximum absolute atomic E-state index is 9.86. The van der Waals surface area contributed by atoms with E-state index in [0.717, 1.165) is 19.7 Å². The van der Waals surface area contributed by atoms with Crippen molar-refractivity contribution in [1.82, 2.24) is 5.32 Å². The first-order chi connectivity index (χ1) is 10.1. The van der Waals surface area contributed by atoms with Crippen molar-refractivity contribution in [2.75, 3.05) is 32.6 Å². The van der Waals surface area contributed by atoms with Gasteiger partial charge in [-0.1, -0.05) is 12.1 Å². The number of aliphatic hydroxyl groups excluding tert-OH is 1. The van der Waals surface area contributed by atoms with Crippen LogP contribution in [0.4, 0.5) is 0 Å². The molecule has 21 heavy (non-hydrogen) atoms. The minimum atomic E-state index is -0.430. The number of hydrogen-bond acceptors (Lipinski definition) is 5. The second kappa shape index (κ2) is 11.0. The molecule has 1 atom stereocenters. The van der Waals surface area contributed by atoms with Gasteiger partial charge < -0.3 is 19.9 Å². The molecule has 1 rings (SSSR count). The lowest BCUT2D eigenvalue weighted by Gasteiger charge is -2.13. The highest BCUT2D eigenvalue weighted by Crippen LogP contribution is 2.20. The van der Waals surface area contributed by atoms with Crippen LogP contribution in [0.3, 0.4) is 0 Å². The van der Waals surface area contributed by atoms with Gasteiger partial charge in [-0.2, -0.15) is 0 Å². The average Bonchev–Trinajstić information content (AvgIpc) is 2.48. The Bertz CT molecular complexity index is 388. The van der Waals surface area contributed by atoms with Crippen molar-refractivity contribution >= 4 is 11.8 Å². The molecule has 0 saturated carbocycles. The Morgan fingerprint density at radius 3 is 2.86 bits per heavy atom. The SMILES string of the molecule is COCCNCc1cccc(SCC(O)COC(C)C)c1. The summed E-state index contributed by atoms with van der Waals surface area (Å²) < 4.78 is 10.4. The van der Waals surface area contributed by atoms with Gasteiger partial charge in [0.1, 0.15) is 0 Å². The van der Waals surface area contributed by atoms with Crippen molar-refractivity contribution in [3.8, 4) is 0 Å². The number of rotatable bonds is 11. The van der Waals surface area contributed by atoms with Crippen LogP contribution in [0, 0.1) is 0 Å². The first kappa shape index (κ1) is 18.5. The van der Waals surface area contributed by atoms with E-state index in [1.807, 2.05) is 19.9 Å². The largest absolute Gasteiger partial charge is 0.390 e. The fraction of sp³-hybridized carbons (Fsp3) is 0.625. The monoisotopic (exact) mass is 313 g/mol. The molecule has 0 aliphatic heterocycles. The first-order valence-electron chi connectivity index (χ1n) is 7.33. The number of nitrogens with one attached hydrogen (secondary N) is 1. The predicted octanol–water partition coefficient (Wildman–Crippen LogP) is 2.30. The molecule has 0 aliphatic carbocycles. The van der Waals surface area contributed by atoms with Crippen molar-refractivity contribution in [2.45, 2.75) is 37.5 Å². The van der Waals surface area contributed by atoms with E-state index in [1.54, 1.807) is 18.9 Å². The molecule has 0 aliphatic rings. The van der Waals surface area contributed by atoms with E-state index in [9.17, 15) is 5.11 Å². The van der Waals surface area contributed by atoms with Gasteiger partial charge in [-0.05, 0) is 31.5 Å². The molecule has 0 fully saturated rings. The molecule has 0 radical (unpaired) electrons. The number of aliphatic hydroxyl groups is 1. The number of benzene rings is 1. The van der Waals surface area contributed by atoms with Gasteiger partial charge in [-0.25, -0.2) is 0 Å². The van der Waals surface area contributed by atoms with Gasteiger partial charge >= 0.3 is 0 Å². The van der Waals surface area contributed by atoms with Crippen molar-refractivity contribution in [2.24, 2.45) is 0 Å². The van der Waals surface area contributed by atoms with Gasteiger partial charge in [0.05, 0.1) is 25.4 Å². The van der Waals surface area contributed by atoms with E-state index in [1.165, 1.54) is 10.5 Å². The van der Waals surface area contributed by atoms with Gasteiger partial charge in [0.2, 0.25) is 0 Å². The number of ether oxygens (including phenoxy) is 2. The minimum Gasteiger partial charge on any atom is -0.390 e. The van der Waals surface area contributed by atoms with Gasteiger partial charge in [0, 0.05) is 30.8 Å². The van der Waals surface area contributed by atoms with Gasteiger partial charge in [0.15, 0.2) is 0 Å². The highest BCUT2D eigenvalue weighted by Gasteiger charge is 2.07. The fourth-order valence-electron chi connectivity index (χ4n) is 1.70. The van der Waals surface area contributed by atoms with Crippen molar-refractivity contribution in [3.05, 3.63) is 29.8 Å². The lowest BCUT2D eigenvalue weighted by atomic mass is 10.2. The lowest BCUT2D eigenvalue weighted by Crippen LogP contribution is -2.20. The maximum atomic E-state index is 9.86.